The number of benzene rings is 2. The standard InChI is InChI=1S/C13H10F2N2O3S/c14-10-6-5-8(7-11(10)15)21(19,20)17-12-4-2-1-3-9(12)13(16)18/h1-7,17H,(H2,16,18). The Morgan fingerprint density at radius 2 is 1.71 bits per heavy atom. The summed E-state index contributed by atoms with van der Waals surface area (Å²) < 4.78 is 52.2. The van der Waals surface area contributed by atoms with E-state index in [2.05, 4.69) is 4.72 Å². The lowest BCUT2D eigenvalue weighted by atomic mass is 10.2. The summed E-state index contributed by atoms with van der Waals surface area (Å²) in [7, 11) is -4.17. The molecule has 0 saturated carbocycles. The molecule has 2 aromatic carbocycles. The molecule has 0 aliphatic rings. The van der Waals surface area contributed by atoms with E-state index in [1.54, 1.807) is 0 Å². The maximum atomic E-state index is 13.1. The van der Waals surface area contributed by atoms with Gasteiger partial charge in [0, 0.05) is 0 Å². The highest BCUT2D eigenvalue weighted by atomic mass is 32.2. The van der Waals surface area contributed by atoms with Gasteiger partial charge in [-0.25, -0.2) is 17.2 Å². The lowest BCUT2D eigenvalue weighted by Crippen LogP contribution is -2.18. The molecule has 8 heteroatoms. The second-order valence-corrected chi connectivity index (χ2v) is 5.77. The molecule has 0 aliphatic carbocycles. The lowest BCUT2D eigenvalue weighted by Gasteiger charge is -2.11. The van der Waals surface area contributed by atoms with Crippen molar-refractivity contribution in [2.75, 3.05) is 4.72 Å². The Balaban J connectivity index is 2.42. The lowest BCUT2D eigenvalue weighted by molar-refractivity contribution is 0.100. The average Bonchev–Trinajstić information content (AvgIpc) is 2.41. The van der Waals surface area contributed by atoms with E-state index in [-0.39, 0.29) is 11.3 Å². The van der Waals surface area contributed by atoms with Gasteiger partial charge in [0.25, 0.3) is 15.9 Å². The zero-order chi connectivity index (χ0) is 15.6. The van der Waals surface area contributed by atoms with Crippen molar-refractivity contribution in [1.82, 2.24) is 0 Å². The normalized spacial score (nSPS) is 11.1. The number of nitrogens with one attached hydrogen (secondary N) is 1. The smallest absolute Gasteiger partial charge is 0.262 e. The third kappa shape index (κ3) is 3.16. The van der Waals surface area contributed by atoms with E-state index in [1.165, 1.54) is 24.3 Å². The Bertz CT molecular complexity index is 807. The minimum absolute atomic E-state index is 0.0383. The molecule has 0 atom stereocenters. The first-order valence-electron chi connectivity index (χ1n) is 5.68. The number of halogens is 2. The Hall–Kier alpha value is -2.48. The average molecular weight is 312 g/mol. The van der Waals surface area contributed by atoms with Crippen LogP contribution in [0.5, 0.6) is 0 Å². The molecule has 2 aromatic rings. The summed E-state index contributed by atoms with van der Waals surface area (Å²) in [6.07, 6.45) is 0. The van der Waals surface area contributed by atoms with Crippen molar-refractivity contribution in [2.45, 2.75) is 4.90 Å². The van der Waals surface area contributed by atoms with Gasteiger partial charge in [-0.15, -0.1) is 0 Å². The molecule has 0 aromatic heterocycles. The molecule has 0 unspecified atom stereocenters. The number of carbonyl (C=O) groups excluding carboxylic acids is 1. The van der Waals surface area contributed by atoms with Gasteiger partial charge in [0.2, 0.25) is 0 Å². The summed E-state index contributed by atoms with van der Waals surface area (Å²) in [5.41, 5.74) is 5.05. The monoisotopic (exact) mass is 312 g/mol. The van der Waals surface area contributed by atoms with Gasteiger partial charge in [0.15, 0.2) is 11.6 Å². The minimum atomic E-state index is -4.17. The van der Waals surface area contributed by atoms with E-state index in [0.717, 1.165) is 6.07 Å². The SMILES string of the molecule is NC(=O)c1ccccc1NS(=O)(=O)c1ccc(F)c(F)c1. The van der Waals surface area contributed by atoms with Gasteiger partial charge in [0.05, 0.1) is 16.1 Å². The number of nitrogens with two attached hydrogens (primary N) is 1. The molecular weight excluding hydrogens is 302 g/mol. The molecule has 21 heavy (non-hydrogen) atoms. The van der Waals surface area contributed by atoms with E-state index in [0.29, 0.717) is 12.1 Å². The van der Waals surface area contributed by atoms with E-state index in [4.69, 9.17) is 5.73 Å². The number of hydrogen-bond donors (Lipinski definition) is 2. The summed E-state index contributed by atoms with van der Waals surface area (Å²) in [6.45, 7) is 0. The van der Waals surface area contributed by atoms with E-state index in [1.807, 2.05) is 0 Å². The fourth-order valence-electron chi connectivity index (χ4n) is 1.63. The van der Waals surface area contributed by atoms with Crippen LogP contribution in [0, 0.1) is 11.6 Å². The fourth-order valence-corrected chi connectivity index (χ4v) is 2.73. The van der Waals surface area contributed by atoms with Gasteiger partial charge in [0.1, 0.15) is 0 Å². The van der Waals surface area contributed by atoms with Crippen molar-refractivity contribution in [1.29, 1.82) is 0 Å². The fraction of sp³-hybridized carbons (Fsp3) is 0. The highest BCUT2D eigenvalue weighted by Gasteiger charge is 2.19. The van der Waals surface area contributed by atoms with Crippen molar-refractivity contribution in [2.24, 2.45) is 5.73 Å². The van der Waals surface area contributed by atoms with Gasteiger partial charge >= 0.3 is 0 Å². The number of primary amides is 1. The number of para-hydroxylation sites is 1. The summed E-state index contributed by atoms with van der Waals surface area (Å²) >= 11 is 0. The molecule has 0 radical (unpaired) electrons. The summed E-state index contributed by atoms with van der Waals surface area (Å²) in [5, 5.41) is 0. The van der Waals surface area contributed by atoms with Gasteiger partial charge in [-0.1, -0.05) is 12.1 Å². The highest BCUT2D eigenvalue weighted by molar-refractivity contribution is 7.92. The second-order valence-electron chi connectivity index (χ2n) is 4.09. The first-order chi connectivity index (χ1) is 9.81. The molecule has 0 fully saturated rings. The Labute approximate surface area is 119 Å². The highest BCUT2D eigenvalue weighted by Crippen LogP contribution is 2.21. The molecule has 5 nitrogen and oxygen atoms in total. The second kappa shape index (κ2) is 5.49. The molecular formula is C13H10F2N2O3S. The molecule has 0 saturated heterocycles. The van der Waals surface area contributed by atoms with Crippen LogP contribution < -0.4 is 10.5 Å². The zero-order valence-corrected chi connectivity index (χ0v) is 11.3. The van der Waals surface area contributed by atoms with Gasteiger partial charge < -0.3 is 5.73 Å². The van der Waals surface area contributed by atoms with Gasteiger partial charge in [-0.2, -0.15) is 0 Å². The Kier molecular flexibility index (Phi) is 3.90. The molecule has 0 aliphatic heterocycles. The molecule has 110 valence electrons. The van der Waals surface area contributed by atoms with Crippen LogP contribution in [0.4, 0.5) is 14.5 Å². The number of amides is 1. The van der Waals surface area contributed by atoms with Crippen LogP contribution in [0.15, 0.2) is 47.4 Å². The Morgan fingerprint density at radius 1 is 1.05 bits per heavy atom. The first-order valence-corrected chi connectivity index (χ1v) is 7.16. The maximum absolute atomic E-state index is 13.1. The third-order valence-electron chi connectivity index (χ3n) is 2.64. The molecule has 0 heterocycles. The van der Waals surface area contributed by atoms with Crippen LogP contribution in [-0.4, -0.2) is 14.3 Å². The Morgan fingerprint density at radius 3 is 2.33 bits per heavy atom. The molecule has 1 amide bonds. The summed E-state index contributed by atoms with van der Waals surface area (Å²) in [6, 6.07) is 7.83. The molecule has 0 spiro atoms. The third-order valence-corrected chi connectivity index (χ3v) is 4.00. The summed E-state index contributed by atoms with van der Waals surface area (Å²) in [5.74, 6) is -3.27. The van der Waals surface area contributed by atoms with Gasteiger partial charge in [-0.3, -0.25) is 9.52 Å². The van der Waals surface area contributed by atoms with Crippen molar-refractivity contribution >= 4 is 21.6 Å². The largest absolute Gasteiger partial charge is 0.366 e. The van der Waals surface area contributed by atoms with Crippen LogP contribution in [0.3, 0.4) is 0 Å². The predicted molar refractivity (Wildman–Crippen MR) is 72.1 cm³/mol. The number of sulfonamides is 1. The van der Waals surface area contributed by atoms with Crippen LogP contribution >= 0.6 is 0 Å². The zero-order valence-electron chi connectivity index (χ0n) is 10.5. The number of rotatable bonds is 4. The molecule has 0 bridgehead atoms. The predicted octanol–water partition coefficient (Wildman–Crippen LogP) is 1.86. The van der Waals surface area contributed by atoms with Crippen molar-refractivity contribution in [3.8, 4) is 0 Å². The quantitative estimate of drug-likeness (QED) is 0.903. The van der Waals surface area contributed by atoms with Crippen molar-refractivity contribution < 1.29 is 22.0 Å². The number of hydrogen-bond acceptors (Lipinski definition) is 3. The molecule has 3 N–H and O–H groups in total. The van der Waals surface area contributed by atoms with Crippen molar-refractivity contribution in [3.63, 3.8) is 0 Å². The number of anilines is 1. The number of carbonyl (C=O) groups is 1. The summed E-state index contributed by atoms with van der Waals surface area (Å²) in [4.78, 5) is 10.7. The molecule has 2 rings (SSSR count). The van der Waals surface area contributed by atoms with Crippen LogP contribution in [0.25, 0.3) is 0 Å². The van der Waals surface area contributed by atoms with E-state index in [9.17, 15) is 22.0 Å². The minimum Gasteiger partial charge on any atom is -0.366 e. The van der Waals surface area contributed by atoms with E-state index >= 15 is 0 Å². The van der Waals surface area contributed by atoms with Crippen molar-refractivity contribution in [3.05, 3.63) is 59.7 Å². The van der Waals surface area contributed by atoms with Gasteiger partial charge in [-0.05, 0) is 30.3 Å². The van der Waals surface area contributed by atoms with Crippen LogP contribution in [-0.2, 0) is 10.0 Å². The van der Waals surface area contributed by atoms with Crippen LogP contribution in [0.1, 0.15) is 10.4 Å². The van der Waals surface area contributed by atoms with E-state index < -0.39 is 32.5 Å². The first kappa shape index (κ1) is 14.9. The van der Waals surface area contributed by atoms with Crippen LogP contribution in [0.2, 0.25) is 0 Å². The topological polar surface area (TPSA) is 89.3 Å². The maximum Gasteiger partial charge on any atom is 0.262 e.